The molecule has 0 aliphatic heterocycles. The van der Waals surface area contributed by atoms with Gasteiger partial charge in [0.15, 0.2) is 5.69 Å². The highest BCUT2D eigenvalue weighted by Gasteiger charge is 2.35. The van der Waals surface area contributed by atoms with Gasteiger partial charge in [0.1, 0.15) is 0 Å². The van der Waals surface area contributed by atoms with Crippen LogP contribution in [0.5, 0.6) is 0 Å². The lowest BCUT2D eigenvalue weighted by Crippen LogP contribution is -2.16. The van der Waals surface area contributed by atoms with Crippen LogP contribution >= 0.6 is 15.9 Å². The summed E-state index contributed by atoms with van der Waals surface area (Å²) in [5.41, 5.74) is -0.441. The number of hydrogen-bond donors (Lipinski definition) is 0. The summed E-state index contributed by atoms with van der Waals surface area (Å²) in [7, 11) is 0. The van der Waals surface area contributed by atoms with E-state index < -0.39 is 23.7 Å². The fourth-order valence-electron chi connectivity index (χ4n) is 0.846. The number of rotatable bonds is 2. The molecule has 0 amide bonds. The predicted molar refractivity (Wildman–Crippen MR) is 50.7 cm³/mol. The van der Waals surface area contributed by atoms with E-state index in [9.17, 15) is 18.0 Å². The van der Waals surface area contributed by atoms with E-state index in [1.165, 1.54) is 6.92 Å². The van der Waals surface area contributed by atoms with E-state index in [1.54, 1.807) is 0 Å². The number of carbonyl (C=O) groups is 1. The Morgan fingerprint density at radius 1 is 1.56 bits per heavy atom. The van der Waals surface area contributed by atoms with Crippen LogP contribution in [0.15, 0.2) is 10.7 Å². The molecular formula is C8H6BrF3N2O2. The Kier molecular flexibility index (Phi) is 3.84. The van der Waals surface area contributed by atoms with Crippen molar-refractivity contribution in [1.82, 2.24) is 9.97 Å². The molecule has 0 fully saturated rings. The predicted octanol–water partition coefficient (Wildman–Crippen LogP) is 2.43. The minimum Gasteiger partial charge on any atom is -0.461 e. The van der Waals surface area contributed by atoms with Crippen molar-refractivity contribution in [3.8, 4) is 0 Å². The maximum Gasteiger partial charge on any atom is 0.451 e. The largest absolute Gasteiger partial charge is 0.461 e. The second kappa shape index (κ2) is 4.77. The summed E-state index contributed by atoms with van der Waals surface area (Å²) in [5.74, 6) is -2.30. The average molecular weight is 299 g/mol. The summed E-state index contributed by atoms with van der Waals surface area (Å²) in [4.78, 5) is 17.4. The van der Waals surface area contributed by atoms with Gasteiger partial charge in [0.05, 0.1) is 11.1 Å². The van der Waals surface area contributed by atoms with Crippen LogP contribution in [-0.2, 0) is 10.9 Å². The lowest BCUT2D eigenvalue weighted by molar-refractivity contribution is -0.145. The van der Waals surface area contributed by atoms with E-state index in [2.05, 4.69) is 30.6 Å². The number of esters is 1. The van der Waals surface area contributed by atoms with E-state index in [0.717, 1.165) is 6.20 Å². The molecule has 0 bridgehead atoms. The maximum absolute atomic E-state index is 12.3. The monoisotopic (exact) mass is 298 g/mol. The van der Waals surface area contributed by atoms with Crippen LogP contribution in [0.4, 0.5) is 13.2 Å². The first-order valence-electron chi connectivity index (χ1n) is 4.13. The quantitative estimate of drug-likeness (QED) is 0.787. The van der Waals surface area contributed by atoms with Crippen LogP contribution < -0.4 is 0 Å². The van der Waals surface area contributed by atoms with Crippen molar-refractivity contribution in [2.45, 2.75) is 13.1 Å². The molecule has 1 aromatic rings. The normalized spacial score (nSPS) is 11.3. The standard InChI is InChI=1S/C8H6BrF3N2O2/c1-2-16-6(15)5-4(9)3-13-7(14-5)8(10,11)12/h3H,2H2,1H3. The third-order valence-corrected chi connectivity index (χ3v) is 2.05. The molecular weight excluding hydrogens is 293 g/mol. The molecule has 1 heterocycles. The number of ether oxygens (including phenoxy) is 1. The van der Waals surface area contributed by atoms with Crippen molar-refractivity contribution in [2.24, 2.45) is 0 Å². The number of alkyl halides is 3. The van der Waals surface area contributed by atoms with Crippen molar-refractivity contribution in [1.29, 1.82) is 0 Å². The summed E-state index contributed by atoms with van der Waals surface area (Å²) in [6, 6.07) is 0. The Morgan fingerprint density at radius 2 is 2.19 bits per heavy atom. The number of aromatic nitrogens is 2. The van der Waals surface area contributed by atoms with E-state index in [0.29, 0.717) is 0 Å². The second-order valence-corrected chi connectivity index (χ2v) is 3.46. The fraction of sp³-hybridized carbons (Fsp3) is 0.375. The van der Waals surface area contributed by atoms with Crippen molar-refractivity contribution in [3.63, 3.8) is 0 Å². The van der Waals surface area contributed by atoms with Crippen molar-refractivity contribution in [3.05, 3.63) is 22.2 Å². The molecule has 0 atom stereocenters. The summed E-state index contributed by atoms with van der Waals surface area (Å²) >= 11 is 2.87. The van der Waals surface area contributed by atoms with Crippen molar-refractivity contribution < 1.29 is 22.7 Å². The lowest BCUT2D eigenvalue weighted by atomic mass is 10.4. The summed E-state index contributed by atoms with van der Waals surface area (Å²) in [6.07, 6.45) is -3.83. The Morgan fingerprint density at radius 3 is 2.69 bits per heavy atom. The van der Waals surface area contributed by atoms with Crippen LogP contribution in [0.25, 0.3) is 0 Å². The summed E-state index contributed by atoms with van der Waals surface area (Å²) in [5, 5.41) is 0. The Hall–Kier alpha value is -1.18. The van der Waals surface area contributed by atoms with Gasteiger partial charge in [0.25, 0.3) is 0 Å². The molecule has 0 saturated carbocycles. The molecule has 4 nitrogen and oxygen atoms in total. The molecule has 16 heavy (non-hydrogen) atoms. The van der Waals surface area contributed by atoms with Crippen LogP contribution in [0, 0.1) is 0 Å². The smallest absolute Gasteiger partial charge is 0.451 e. The number of halogens is 4. The van der Waals surface area contributed by atoms with Gasteiger partial charge >= 0.3 is 12.1 Å². The zero-order valence-corrected chi connectivity index (χ0v) is 9.59. The second-order valence-electron chi connectivity index (χ2n) is 2.61. The Bertz CT molecular complexity index is 409. The number of nitrogens with zero attached hydrogens (tertiary/aromatic N) is 2. The molecule has 8 heteroatoms. The molecule has 0 aliphatic rings. The van der Waals surface area contributed by atoms with Gasteiger partial charge in [-0.15, -0.1) is 0 Å². The Balaban J connectivity index is 3.14. The third kappa shape index (κ3) is 2.91. The molecule has 0 aliphatic carbocycles. The zero-order chi connectivity index (χ0) is 12.3. The van der Waals surface area contributed by atoms with Crippen LogP contribution in [0.2, 0.25) is 0 Å². The average Bonchev–Trinajstić information content (AvgIpc) is 2.16. The zero-order valence-electron chi connectivity index (χ0n) is 8.01. The van der Waals surface area contributed by atoms with Crippen molar-refractivity contribution >= 4 is 21.9 Å². The first-order valence-corrected chi connectivity index (χ1v) is 4.92. The Labute approximate surface area is 97.0 Å². The van der Waals surface area contributed by atoms with Gasteiger partial charge in [0.2, 0.25) is 5.82 Å². The van der Waals surface area contributed by atoms with E-state index in [1.807, 2.05) is 0 Å². The van der Waals surface area contributed by atoms with Crippen LogP contribution in [-0.4, -0.2) is 22.5 Å². The van der Waals surface area contributed by atoms with E-state index >= 15 is 0 Å². The summed E-state index contributed by atoms with van der Waals surface area (Å²) < 4.78 is 41.4. The fourth-order valence-corrected chi connectivity index (χ4v) is 1.20. The molecule has 0 aromatic carbocycles. The van der Waals surface area contributed by atoms with Gasteiger partial charge < -0.3 is 4.74 Å². The number of carbonyl (C=O) groups excluding carboxylic acids is 1. The summed E-state index contributed by atoms with van der Waals surface area (Å²) in [6.45, 7) is 1.59. The third-order valence-electron chi connectivity index (χ3n) is 1.47. The molecule has 0 N–H and O–H groups in total. The van der Waals surface area contributed by atoms with E-state index in [-0.39, 0.29) is 11.1 Å². The SMILES string of the molecule is CCOC(=O)c1nc(C(F)(F)F)ncc1Br. The molecule has 0 spiro atoms. The highest BCUT2D eigenvalue weighted by molar-refractivity contribution is 9.10. The maximum atomic E-state index is 12.3. The molecule has 0 unspecified atom stereocenters. The lowest BCUT2D eigenvalue weighted by Gasteiger charge is -2.07. The van der Waals surface area contributed by atoms with Gasteiger partial charge in [-0.1, -0.05) is 0 Å². The van der Waals surface area contributed by atoms with Gasteiger partial charge in [-0.2, -0.15) is 13.2 Å². The van der Waals surface area contributed by atoms with Gasteiger partial charge in [-0.05, 0) is 22.9 Å². The highest BCUT2D eigenvalue weighted by Crippen LogP contribution is 2.27. The molecule has 88 valence electrons. The topological polar surface area (TPSA) is 52.1 Å². The van der Waals surface area contributed by atoms with Gasteiger partial charge in [0, 0.05) is 6.20 Å². The first-order chi connectivity index (χ1) is 7.36. The molecule has 0 radical (unpaired) electrons. The van der Waals surface area contributed by atoms with Gasteiger partial charge in [-0.3, -0.25) is 0 Å². The van der Waals surface area contributed by atoms with Gasteiger partial charge in [-0.25, -0.2) is 14.8 Å². The minimum absolute atomic E-state index is 0.0522. The number of hydrogen-bond acceptors (Lipinski definition) is 4. The minimum atomic E-state index is -4.69. The molecule has 1 rings (SSSR count). The van der Waals surface area contributed by atoms with Crippen LogP contribution in [0.1, 0.15) is 23.2 Å². The van der Waals surface area contributed by atoms with E-state index in [4.69, 9.17) is 0 Å². The first kappa shape index (κ1) is 12.9. The highest BCUT2D eigenvalue weighted by atomic mass is 79.9. The molecule has 0 saturated heterocycles. The van der Waals surface area contributed by atoms with Crippen molar-refractivity contribution in [2.75, 3.05) is 6.61 Å². The van der Waals surface area contributed by atoms with Crippen LogP contribution in [0.3, 0.4) is 0 Å². The molecule has 1 aromatic heterocycles.